The Morgan fingerprint density at radius 1 is 1.11 bits per heavy atom. The van der Waals surface area contributed by atoms with E-state index in [-0.39, 0.29) is 23.2 Å². The Bertz CT molecular complexity index is 728. The van der Waals surface area contributed by atoms with Crippen LogP contribution in [0.25, 0.3) is 0 Å². The molecule has 0 aromatic heterocycles. The fraction of sp³-hybridized carbons (Fsp3) is 0.810. The summed E-state index contributed by atoms with van der Waals surface area (Å²) in [5, 5.41) is 55.5. The van der Waals surface area contributed by atoms with Gasteiger partial charge in [0.1, 0.15) is 0 Å². The summed E-state index contributed by atoms with van der Waals surface area (Å²) in [6.07, 6.45) is 1.18. The average molecular weight is 397 g/mol. The number of fused-ring (bicyclic) bond motifs is 5. The van der Waals surface area contributed by atoms with E-state index < -0.39 is 35.4 Å². The number of aliphatic hydroxyl groups excluding tert-OH is 4. The van der Waals surface area contributed by atoms with Crippen molar-refractivity contribution in [2.75, 3.05) is 0 Å². The Hall–Kier alpha value is -0.610. The summed E-state index contributed by atoms with van der Waals surface area (Å²) in [4.78, 5) is 0. The van der Waals surface area contributed by atoms with Crippen molar-refractivity contribution in [1.29, 1.82) is 0 Å². The van der Waals surface area contributed by atoms with Gasteiger partial charge in [0.2, 0.25) is 0 Å². The molecule has 0 saturated heterocycles. The molecule has 4 rings (SSSR count). The number of rotatable bonds is 0. The van der Waals surface area contributed by atoms with Crippen molar-refractivity contribution >= 4 is 11.6 Å². The molecule has 10 atom stereocenters. The first-order valence-electron chi connectivity index (χ1n) is 9.87. The fourth-order valence-corrected chi connectivity index (χ4v) is 7.14. The maximum absolute atomic E-state index is 11.2. The molecule has 150 valence electrons. The van der Waals surface area contributed by atoms with Crippen LogP contribution in [0, 0.1) is 39.9 Å². The van der Waals surface area contributed by atoms with E-state index in [1.807, 2.05) is 13.0 Å². The first kappa shape index (κ1) is 19.7. The molecule has 6 heteroatoms. The van der Waals surface area contributed by atoms with Gasteiger partial charge in [0.15, 0.2) is 5.60 Å². The molecule has 0 radical (unpaired) electrons. The van der Waals surface area contributed by atoms with Gasteiger partial charge < -0.3 is 25.5 Å². The minimum Gasteiger partial charge on any atom is -0.390 e. The van der Waals surface area contributed by atoms with Crippen molar-refractivity contribution in [3.8, 4) is 11.3 Å². The molecule has 0 aromatic rings. The summed E-state index contributed by atoms with van der Waals surface area (Å²) in [6.45, 7) is 4.06. The quantitative estimate of drug-likeness (QED) is 0.312. The number of aliphatic hydroxyl groups is 5. The normalized spacial score (nSPS) is 56.9. The zero-order chi connectivity index (χ0) is 19.8. The Kier molecular flexibility index (Phi) is 4.52. The third kappa shape index (κ3) is 2.44. The first-order chi connectivity index (χ1) is 12.6. The van der Waals surface area contributed by atoms with Gasteiger partial charge >= 0.3 is 0 Å². The van der Waals surface area contributed by atoms with Crippen LogP contribution in [0.3, 0.4) is 0 Å². The van der Waals surface area contributed by atoms with Gasteiger partial charge in [-0.15, -0.1) is 0 Å². The molecule has 0 bridgehead atoms. The Labute approximate surface area is 165 Å². The van der Waals surface area contributed by atoms with Crippen LogP contribution in [0.1, 0.15) is 46.0 Å². The van der Waals surface area contributed by atoms with Crippen LogP contribution < -0.4 is 0 Å². The summed E-state index contributed by atoms with van der Waals surface area (Å²) >= 11 is 5.60. The summed E-state index contributed by atoms with van der Waals surface area (Å²) in [7, 11) is 0. The molecule has 4 aliphatic carbocycles. The van der Waals surface area contributed by atoms with E-state index in [0.29, 0.717) is 25.7 Å². The predicted molar refractivity (Wildman–Crippen MR) is 100 cm³/mol. The van der Waals surface area contributed by atoms with Crippen LogP contribution in [-0.2, 0) is 0 Å². The van der Waals surface area contributed by atoms with Crippen LogP contribution in [0.15, 0.2) is 11.6 Å². The molecular weight excluding hydrogens is 368 g/mol. The van der Waals surface area contributed by atoms with Crippen molar-refractivity contribution in [3.63, 3.8) is 0 Å². The number of hydrogen-bond acceptors (Lipinski definition) is 5. The zero-order valence-electron chi connectivity index (χ0n) is 15.8. The molecule has 3 fully saturated rings. The lowest BCUT2D eigenvalue weighted by Gasteiger charge is -2.59. The van der Waals surface area contributed by atoms with Gasteiger partial charge in [0.25, 0.3) is 0 Å². The SMILES string of the molecule is C[C@]12C[C@H](O)[C@@H](O)CC1=C[C@H](O)[C@@H]1[C@@H]2CC[C@@]2(C)[C@H]1C[C@@H](O)[C@@]2(O)C#CCl. The van der Waals surface area contributed by atoms with Gasteiger partial charge in [-0.2, -0.15) is 0 Å². The van der Waals surface area contributed by atoms with E-state index in [1.54, 1.807) is 0 Å². The van der Waals surface area contributed by atoms with Crippen LogP contribution in [-0.4, -0.2) is 55.5 Å². The number of hydrogen-bond donors (Lipinski definition) is 5. The van der Waals surface area contributed by atoms with E-state index in [0.717, 1.165) is 12.0 Å². The Balaban J connectivity index is 1.77. The minimum absolute atomic E-state index is 0.109. The highest BCUT2D eigenvalue weighted by atomic mass is 35.5. The highest BCUT2D eigenvalue weighted by Crippen LogP contribution is 2.67. The second-order valence-electron chi connectivity index (χ2n) is 9.63. The second kappa shape index (κ2) is 6.19. The number of halogens is 1. The van der Waals surface area contributed by atoms with Gasteiger partial charge in [-0.05, 0) is 72.8 Å². The van der Waals surface area contributed by atoms with Crippen LogP contribution >= 0.6 is 11.6 Å². The van der Waals surface area contributed by atoms with Gasteiger partial charge in [-0.3, -0.25) is 0 Å². The largest absolute Gasteiger partial charge is 0.390 e. The third-order valence-corrected chi connectivity index (χ3v) is 8.71. The molecule has 3 saturated carbocycles. The van der Waals surface area contributed by atoms with Gasteiger partial charge in [0, 0.05) is 10.8 Å². The second-order valence-corrected chi connectivity index (χ2v) is 9.82. The molecule has 27 heavy (non-hydrogen) atoms. The Morgan fingerprint density at radius 3 is 2.48 bits per heavy atom. The predicted octanol–water partition coefficient (Wildman–Crippen LogP) is 1.15. The van der Waals surface area contributed by atoms with Crippen molar-refractivity contribution in [1.82, 2.24) is 0 Å². The summed E-state index contributed by atoms with van der Waals surface area (Å²) in [6, 6.07) is 0. The maximum Gasteiger partial charge on any atom is 0.157 e. The van der Waals surface area contributed by atoms with Crippen LogP contribution in [0.5, 0.6) is 0 Å². The van der Waals surface area contributed by atoms with Crippen molar-refractivity contribution in [2.24, 2.45) is 28.6 Å². The van der Waals surface area contributed by atoms with E-state index in [4.69, 9.17) is 11.6 Å². The van der Waals surface area contributed by atoms with Crippen molar-refractivity contribution < 1.29 is 25.5 Å². The Morgan fingerprint density at radius 2 is 1.81 bits per heavy atom. The van der Waals surface area contributed by atoms with Crippen LogP contribution in [0.2, 0.25) is 0 Å². The highest BCUT2D eigenvalue weighted by molar-refractivity contribution is 6.30. The molecule has 0 heterocycles. The third-order valence-electron chi connectivity index (χ3n) is 8.61. The lowest BCUT2D eigenvalue weighted by molar-refractivity contribution is -0.143. The van der Waals surface area contributed by atoms with Gasteiger partial charge in [-0.25, -0.2) is 0 Å². The highest BCUT2D eigenvalue weighted by Gasteiger charge is 2.68. The standard InChI is InChI=1S/C21H29ClO5/c1-19-10-16(25)14(23)7-11(19)8-15(24)18-12(19)3-4-20(2)13(18)9-17(26)21(20,27)5-6-22/h8,12-18,23-27H,3-4,7,9-10H2,1-2H3/t12-,13-,14-,15-,16-,17+,18+,19-,20-,21-/m0/s1. The summed E-state index contributed by atoms with van der Waals surface area (Å²) < 4.78 is 0. The summed E-state index contributed by atoms with van der Waals surface area (Å²) in [5.41, 5.74) is -1.53. The van der Waals surface area contributed by atoms with E-state index in [9.17, 15) is 25.5 Å². The maximum atomic E-state index is 11.2. The van der Waals surface area contributed by atoms with Crippen LogP contribution in [0.4, 0.5) is 0 Å². The molecule has 4 aliphatic rings. The molecule has 0 aromatic carbocycles. The van der Waals surface area contributed by atoms with Gasteiger partial charge in [0.05, 0.1) is 24.4 Å². The minimum atomic E-state index is -1.59. The lowest BCUT2D eigenvalue weighted by Crippen LogP contribution is -2.59. The molecule has 5 nitrogen and oxygen atoms in total. The van der Waals surface area contributed by atoms with E-state index in [2.05, 4.69) is 18.2 Å². The van der Waals surface area contributed by atoms with Gasteiger partial charge in [-0.1, -0.05) is 25.5 Å². The summed E-state index contributed by atoms with van der Waals surface area (Å²) in [5.74, 6) is 2.52. The monoisotopic (exact) mass is 396 g/mol. The zero-order valence-corrected chi connectivity index (χ0v) is 16.5. The molecule has 0 amide bonds. The van der Waals surface area contributed by atoms with E-state index >= 15 is 0 Å². The topological polar surface area (TPSA) is 101 Å². The molecular formula is C21H29ClO5. The molecule has 0 spiro atoms. The first-order valence-corrected chi connectivity index (χ1v) is 10.2. The molecule has 5 N–H and O–H groups in total. The van der Waals surface area contributed by atoms with Crippen molar-refractivity contribution in [3.05, 3.63) is 11.6 Å². The molecule has 0 unspecified atom stereocenters. The fourth-order valence-electron chi connectivity index (χ4n) is 7.00. The smallest absolute Gasteiger partial charge is 0.157 e. The molecule has 0 aliphatic heterocycles. The van der Waals surface area contributed by atoms with Crippen molar-refractivity contribution in [2.45, 2.75) is 76.0 Å². The lowest BCUT2D eigenvalue weighted by atomic mass is 9.46. The van der Waals surface area contributed by atoms with E-state index in [1.165, 1.54) is 0 Å². The average Bonchev–Trinajstić information content (AvgIpc) is 2.78.